The molecular weight excluding hydrogens is 536 g/mol. The van der Waals surface area contributed by atoms with E-state index in [-0.39, 0.29) is 6.04 Å². The van der Waals surface area contributed by atoms with Gasteiger partial charge in [-0.1, -0.05) is 97.1 Å². The quantitative estimate of drug-likeness (QED) is 0.231. The maximum absolute atomic E-state index is 5.19. The first-order valence-corrected chi connectivity index (χ1v) is 15.0. The molecule has 1 aliphatic heterocycles. The Morgan fingerprint density at radius 1 is 0.500 bits per heavy atom. The summed E-state index contributed by atoms with van der Waals surface area (Å²) in [4.78, 5) is 5.19. The average molecular weight is 565 g/mol. The first-order valence-electron chi connectivity index (χ1n) is 15.0. The molecule has 0 saturated carbocycles. The van der Waals surface area contributed by atoms with E-state index >= 15 is 0 Å². The second-order valence-corrected chi connectivity index (χ2v) is 11.3. The van der Waals surface area contributed by atoms with Crippen LogP contribution in [0.4, 0.5) is 0 Å². The van der Waals surface area contributed by atoms with Gasteiger partial charge in [-0.15, -0.1) is 0 Å². The van der Waals surface area contributed by atoms with Crippen molar-refractivity contribution in [3.05, 3.63) is 164 Å². The van der Waals surface area contributed by atoms with Crippen molar-refractivity contribution in [2.45, 2.75) is 6.04 Å². The highest BCUT2D eigenvalue weighted by Gasteiger charge is 2.19. The van der Waals surface area contributed by atoms with Crippen LogP contribution in [0, 0.1) is 0 Å². The van der Waals surface area contributed by atoms with Crippen molar-refractivity contribution >= 4 is 43.6 Å². The molecule has 3 aromatic heterocycles. The van der Waals surface area contributed by atoms with E-state index in [1.165, 1.54) is 43.7 Å². The molecule has 1 unspecified atom stereocenters. The predicted octanol–water partition coefficient (Wildman–Crippen LogP) is 9.66. The van der Waals surface area contributed by atoms with E-state index in [0.29, 0.717) is 0 Å². The third-order valence-corrected chi connectivity index (χ3v) is 8.79. The summed E-state index contributed by atoms with van der Waals surface area (Å²) in [6, 6.07) is 47.9. The number of aromatic nitrogens is 3. The van der Waals surface area contributed by atoms with Gasteiger partial charge in [0.2, 0.25) is 0 Å². The first-order chi connectivity index (χ1) is 21.8. The Morgan fingerprint density at radius 2 is 1.16 bits per heavy atom. The van der Waals surface area contributed by atoms with Gasteiger partial charge in [0, 0.05) is 27.2 Å². The van der Waals surface area contributed by atoms with Crippen molar-refractivity contribution in [1.82, 2.24) is 19.4 Å². The summed E-state index contributed by atoms with van der Waals surface area (Å²) in [6.45, 7) is 0. The lowest BCUT2D eigenvalue weighted by Gasteiger charge is -2.16. The molecule has 9 rings (SSSR count). The van der Waals surface area contributed by atoms with Gasteiger partial charge in [0.15, 0.2) is 0 Å². The summed E-state index contributed by atoms with van der Waals surface area (Å²) in [5.41, 5.74) is 9.22. The fraction of sp³-hybridized carbons (Fsp3) is 0.0250. The van der Waals surface area contributed by atoms with Crippen LogP contribution < -0.4 is 5.32 Å². The molecule has 4 nitrogen and oxygen atoms in total. The highest BCUT2D eigenvalue weighted by molar-refractivity contribution is 6.19. The minimum absolute atomic E-state index is 0.0427. The van der Waals surface area contributed by atoms with E-state index in [4.69, 9.17) is 4.98 Å². The number of nitrogens with one attached hydrogen (secondary N) is 1. The summed E-state index contributed by atoms with van der Waals surface area (Å²) in [5, 5.41) is 8.35. The SMILES string of the molecule is C1=CNC(c2cccc(-n3c4ccccc4c4cc5c6ccccc6n(-c6ccc(-c7ccccc7)cc6)c5cc43)n2)C=C1. The largest absolute Gasteiger partial charge is 0.379 e. The number of dihydropyridines is 1. The molecule has 0 amide bonds. The van der Waals surface area contributed by atoms with Crippen LogP contribution in [0.2, 0.25) is 0 Å². The number of nitrogens with zero attached hydrogens (tertiary/aromatic N) is 3. The van der Waals surface area contributed by atoms with Crippen LogP contribution in [0.3, 0.4) is 0 Å². The summed E-state index contributed by atoms with van der Waals surface area (Å²) >= 11 is 0. The maximum atomic E-state index is 5.19. The molecule has 44 heavy (non-hydrogen) atoms. The Hall–Kier alpha value is -5.87. The van der Waals surface area contributed by atoms with Crippen molar-refractivity contribution in [1.29, 1.82) is 0 Å². The van der Waals surface area contributed by atoms with Gasteiger partial charge in [0.1, 0.15) is 5.82 Å². The van der Waals surface area contributed by atoms with Crippen LogP contribution in [0.15, 0.2) is 158 Å². The minimum atomic E-state index is 0.0427. The van der Waals surface area contributed by atoms with Gasteiger partial charge in [-0.25, -0.2) is 4.98 Å². The van der Waals surface area contributed by atoms with Crippen molar-refractivity contribution in [3.8, 4) is 22.6 Å². The number of hydrogen-bond donors (Lipinski definition) is 1. The fourth-order valence-corrected chi connectivity index (χ4v) is 6.76. The molecule has 8 aromatic rings. The molecule has 0 aliphatic carbocycles. The number of hydrogen-bond acceptors (Lipinski definition) is 2. The molecular formula is C40H28N4. The van der Waals surface area contributed by atoms with Crippen molar-refractivity contribution in [2.75, 3.05) is 0 Å². The topological polar surface area (TPSA) is 34.8 Å². The Bertz CT molecular complexity index is 2410. The molecule has 208 valence electrons. The van der Waals surface area contributed by atoms with Crippen LogP contribution in [-0.2, 0) is 0 Å². The van der Waals surface area contributed by atoms with Gasteiger partial charge < -0.3 is 9.88 Å². The molecule has 0 saturated heterocycles. The van der Waals surface area contributed by atoms with E-state index in [1.54, 1.807) is 0 Å². The van der Waals surface area contributed by atoms with Crippen molar-refractivity contribution < 1.29 is 0 Å². The number of fused-ring (bicyclic) bond motifs is 6. The van der Waals surface area contributed by atoms with Gasteiger partial charge in [-0.2, -0.15) is 0 Å². The highest BCUT2D eigenvalue weighted by atomic mass is 15.1. The Kier molecular flexibility index (Phi) is 5.53. The average Bonchev–Trinajstić information content (AvgIpc) is 3.60. The van der Waals surface area contributed by atoms with Gasteiger partial charge in [-0.3, -0.25) is 4.57 Å². The molecule has 0 spiro atoms. The van der Waals surface area contributed by atoms with Crippen LogP contribution in [0.25, 0.3) is 66.2 Å². The monoisotopic (exact) mass is 564 g/mol. The maximum Gasteiger partial charge on any atom is 0.137 e. The number of rotatable bonds is 4. The lowest BCUT2D eigenvalue weighted by molar-refractivity contribution is 0.718. The standard InChI is InChI=1S/C40H28N4/c1-2-11-27(12-3-1)28-20-22-29(23-21-28)43-36-17-6-4-13-30(36)32-25-33-31-14-5-7-18-37(31)44(39(33)26-38(32)43)40-19-10-16-35(42-40)34-15-8-9-24-41-34/h1-26,34,41H. The van der Waals surface area contributed by atoms with Crippen molar-refractivity contribution in [3.63, 3.8) is 0 Å². The van der Waals surface area contributed by atoms with E-state index in [1.807, 2.05) is 12.3 Å². The zero-order valence-corrected chi connectivity index (χ0v) is 23.9. The molecule has 1 atom stereocenters. The van der Waals surface area contributed by atoms with Gasteiger partial charge in [0.05, 0.1) is 33.8 Å². The molecule has 1 N–H and O–H groups in total. The first kappa shape index (κ1) is 24.7. The fourth-order valence-electron chi connectivity index (χ4n) is 6.76. The van der Waals surface area contributed by atoms with E-state index < -0.39 is 0 Å². The summed E-state index contributed by atoms with van der Waals surface area (Å²) < 4.78 is 4.71. The second kappa shape index (κ2) is 9.85. The van der Waals surface area contributed by atoms with Gasteiger partial charge in [-0.05, 0) is 71.9 Å². The number of benzene rings is 5. The number of allylic oxidation sites excluding steroid dienone is 2. The molecule has 0 bridgehead atoms. The zero-order valence-electron chi connectivity index (χ0n) is 23.9. The Balaban J connectivity index is 1.30. The summed E-state index contributed by atoms with van der Waals surface area (Å²) in [7, 11) is 0. The normalized spacial score (nSPS) is 14.6. The van der Waals surface area contributed by atoms with Crippen LogP contribution in [0.5, 0.6) is 0 Å². The summed E-state index contributed by atoms with van der Waals surface area (Å²) in [6.07, 6.45) is 8.19. The zero-order chi connectivity index (χ0) is 29.0. The van der Waals surface area contributed by atoms with Gasteiger partial charge >= 0.3 is 0 Å². The molecule has 4 heterocycles. The predicted molar refractivity (Wildman–Crippen MR) is 183 cm³/mol. The molecule has 0 fully saturated rings. The van der Waals surface area contributed by atoms with Crippen LogP contribution >= 0.6 is 0 Å². The lowest BCUT2D eigenvalue weighted by Crippen LogP contribution is -2.16. The Morgan fingerprint density at radius 3 is 1.89 bits per heavy atom. The minimum Gasteiger partial charge on any atom is -0.379 e. The highest BCUT2D eigenvalue weighted by Crippen LogP contribution is 2.39. The molecule has 4 heteroatoms. The van der Waals surface area contributed by atoms with E-state index in [0.717, 1.165) is 28.2 Å². The second-order valence-electron chi connectivity index (χ2n) is 11.3. The number of pyridine rings is 1. The van der Waals surface area contributed by atoms with Gasteiger partial charge in [0.25, 0.3) is 0 Å². The number of para-hydroxylation sites is 2. The van der Waals surface area contributed by atoms with E-state index in [9.17, 15) is 0 Å². The summed E-state index contributed by atoms with van der Waals surface area (Å²) in [5.74, 6) is 0.910. The van der Waals surface area contributed by atoms with E-state index in [2.05, 4.69) is 160 Å². The smallest absolute Gasteiger partial charge is 0.137 e. The molecule has 0 radical (unpaired) electrons. The Labute approximate surface area is 254 Å². The van der Waals surface area contributed by atoms with Crippen LogP contribution in [0.1, 0.15) is 11.7 Å². The molecule has 1 aliphatic rings. The third kappa shape index (κ3) is 3.81. The molecule has 5 aromatic carbocycles. The lowest BCUT2D eigenvalue weighted by atomic mass is 10.1. The third-order valence-electron chi connectivity index (χ3n) is 8.79. The van der Waals surface area contributed by atoms with Crippen molar-refractivity contribution in [2.24, 2.45) is 0 Å². The van der Waals surface area contributed by atoms with Crippen LogP contribution in [-0.4, -0.2) is 14.1 Å².